The lowest BCUT2D eigenvalue weighted by atomic mass is 9.86. The van der Waals surface area contributed by atoms with Crippen molar-refractivity contribution in [3.8, 4) is 5.75 Å². The largest absolute Gasteiger partial charge is 0.494 e. The molecule has 128 valence electrons. The number of rotatable bonds is 4. The molecule has 0 fully saturated rings. The molecule has 2 aromatic carbocycles. The lowest BCUT2D eigenvalue weighted by Gasteiger charge is -2.19. The summed E-state index contributed by atoms with van der Waals surface area (Å²) in [5, 5.41) is 2.89. The predicted octanol–water partition coefficient (Wildman–Crippen LogP) is 4.62. The minimum atomic E-state index is -0.439. The number of carbonyl (C=O) groups excluding carboxylic acids is 1. The number of hydrogen-bond acceptors (Lipinski definition) is 2. The first-order valence-electron chi connectivity index (χ1n) is 7.97. The highest BCUT2D eigenvalue weighted by Gasteiger charge is 2.16. The lowest BCUT2D eigenvalue weighted by molar-refractivity contribution is 0.0939. The first-order chi connectivity index (χ1) is 11.2. The molecule has 1 amide bonds. The number of hydrogen-bond donors (Lipinski definition) is 1. The van der Waals surface area contributed by atoms with E-state index in [0.717, 1.165) is 0 Å². The average molecular weight is 329 g/mol. The Morgan fingerprint density at radius 3 is 2.25 bits per heavy atom. The molecule has 3 nitrogen and oxygen atoms in total. The van der Waals surface area contributed by atoms with Gasteiger partial charge in [0.05, 0.1) is 13.2 Å². The molecule has 0 aliphatic rings. The Morgan fingerprint density at radius 2 is 1.75 bits per heavy atom. The number of benzene rings is 2. The molecule has 2 aromatic rings. The second-order valence-electron chi connectivity index (χ2n) is 6.92. The lowest BCUT2D eigenvalue weighted by Crippen LogP contribution is -2.26. The Morgan fingerprint density at radius 1 is 1.12 bits per heavy atom. The van der Waals surface area contributed by atoms with Crippen LogP contribution in [0.5, 0.6) is 5.75 Å². The summed E-state index contributed by atoms with van der Waals surface area (Å²) >= 11 is 0. The molecule has 0 aliphatic heterocycles. The van der Waals surface area contributed by atoms with Gasteiger partial charge in [0, 0.05) is 5.56 Å². The highest BCUT2D eigenvalue weighted by atomic mass is 19.1. The molecule has 0 heterocycles. The van der Waals surface area contributed by atoms with Crippen molar-refractivity contribution in [2.24, 2.45) is 0 Å². The quantitative estimate of drug-likeness (QED) is 0.888. The van der Waals surface area contributed by atoms with Crippen LogP contribution >= 0.6 is 0 Å². The van der Waals surface area contributed by atoms with Crippen LogP contribution in [0.25, 0.3) is 0 Å². The molecule has 0 unspecified atom stereocenters. The van der Waals surface area contributed by atoms with E-state index in [1.165, 1.54) is 18.7 Å². The van der Waals surface area contributed by atoms with Gasteiger partial charge in [0.2, 0.25) is 0 Å². The first-order valence-corrected chi connectivity index (χ1v) is 7.97. The zero-order chi connectivity index (χ0) is 17.9. The number of ether oxygens (including phenoxy) is 1. The fraction of sp³-hybridized carbons (Fsp3) is 0.350. The second kappa shape index (κ2) is 7.04. The van der Waals surface area contributed by atoms with Gasteiger partial charge >= 0.3 is 0 Å². The summed E-state index contributed by atoms with van der Waals surface area (Å²) in [6.45, 7) is 8.20. The molecule has 1 atom stereocenters. The molecule has 0 aromatic heterocycles. The SMILES string of the molecule is COc1ccc([C@H](C)NC(=O)c2ccc(C(C)(C)C)cc2)cc1F. The molecular formula is C20H24FNO2. The van der Waals surface area contributed by atoms with E-state index in [-0.39, 0.29) is 23.1 Å². The Kier molecular flexibility index (Phi) is 5.27. The van der Waals surface area contributed by atoms with Crippen molar-refractivity contribution in [1.29, 1.82) is 0 Å². The maximum absolute atomic E-state index is 13.8. The van der Waals surface area contributed by atoms with Crippen molar-refractivity contribution in [2.45, 2.75) is 39.2 Å². The molecule has 4 heteroatoms. The van der Waals surface area contributed by atoms with Gasteiger partial charge in [-0.3, -0.25) is 4.79 Å². The second-order valence-corrected chi connectivity index (χ2v) is 6.92. The predicted molar refractivity (Wildman–Crippen MR) is 94.0 cm³/mol. The van der Waals surface area contributed by atoms with Crippen molar-refractivity contribution in [2.75, 3.05) is 7.11 Å². The minimum Gasteiger partial charge on any atom is -0.494 e. The molecule has 0 saturated heterocycles. The van der Waals surface area contributed by atoms with E-state index in [1.807, 2.05) is 31.2 Å². The normalized spacial score (nSPS) is 12.6. The van der Waals surface area contributed by atoms with Crippen LogP contribution in [0.3, 0.4) is 0 Å². The third-order valence-electron chi connectivity index (χ3n) is 4.04. The van der Waals surface area contributed by atoms with Crippen LogP contribution in [0.4, 0.5) is 4.39 Å². The molecule has 1 N–H and O–H groups in total. The molecular weight excluding hydrogens is 305 g/mol. The van der Waals surface area contributed by atoms with Crippen LogP contribution in [0.1, 0.15) is 55.2 Å². The van der Waals surface area contributed by atoms with Crippen molar-refractivity contribution in [3.05, 3.63) is 65.0 Å². The summed E-state index contributed by atoms with van der Waals surface area (Å²) < 4.78 is 18.7. The number of methoxy groups -OCH3 is 1. The van der Waals surface area contributed by atoms with Gasteiger partial charge in [0.15, 0.2) is 11.6 Å². The van der Waals surface area contributed by atoms with E-state index >= 15 is 0 Å². The molecule has 0 aliphatic carbocycles. The fourth-order valence-electron chi connectivity index (χ4n) is 2.44. The maximum atomic E-state index is 13.8. The fourth-order valence-corrected chi connectivity index (χ4v) is 2.44. The number of halogens is 1. The van der Waals surface area contributed by atoms with Crippen LogP contribution in [-0.2, 0) is 5.41 Å². The molecule has 2 rings (SSSR count). The number of nitrogens with one attached hydrogen (secondary N) is 1. The van der Waals surface area contributed by atoms with Gasteiger partial charge in [-0.25, -0.2) is 4.39 Å². The highest BCUT2D eigenvalue weighted by molar-refractivity contribution is 5.94. The minimum absolute atomic E-state index is 0.0446. The van der Waals surface area contributed by atoms with Crippen LogP contribution < -0.4 is 10.1 Å². The van der Waals surface area contributed by atoms with Gasteiger partial charge in [-0.05, 0) is 47.7 Å². The molecule has 0 saturated carbocycles. The summed E-state index contributed by atoms with van der Waals surface area (Å²) in [6.07, 6.45) is 0. The Labute approximate surface area is 142 Å². The van der Waals surface area contributed by atoms with Crippen LogP contribution in [-0.4, -0.2) is 13.0 Å². The van der Waals surface area contributed by atoms with E-state index in [4.69, 9.17) is 4.74 Å². The average Bonchev–Trinajstić information content (AvgIpc) is 2.54. The van der Waals surface area contributed by atoms with Gasteiger partial charge in [-0.1, -0.05) is 39.0 Å². The Balaban J connectivity index is 2.10. The van der Waals surface area contributed by atoms with E-state index < -0.39 is 5.82 Å². The van der Waals surface area contributed by atoms with Crippen molar-refractivity contribution in [1.82, 2.24) is 5.32 Å². The smallest absolute Gasteiger partial charge is 0.251 e. The van der Waals surface area contributed by atoms with Crippen LogP contribution in [0.15, 0.2) is 42.5 Å². The van der Waals surface area contributed by atoms with E-state index in [0.29, 0.717) is 11.1 Å². The maximum Gasteiger partial charge on any atom is 0.251 e. The summed E-state index contributed by atoms with van der Waals surface area (Å²) in [5.41, 5.74) is 2.49. The van der Waals surface area contributed by atoms with Crippen LogP contribution in [0, 0.1) is 5.82 Å². The third-order valence-corrected chi connectivity index (χ3v) is 4.04. The van der Waals surface area contributed by atoms with Gasteiger partial charge < -0.3 is 10.1 Å². The summed E-state index contributed by atoms with van der Waals surface area (Å²) in [7, 11) is 1.42. The number of carbonyl (C=O) groups is 1. The Hall–Kier alpha value is -2.36. The monoisotopic (exact) mass is 329 g/mol. The van der Waals surface area contributed by atoms with E-state index in [9.17, 15) is 9.18 Å². The first kappa shape index (κ1) is 18.0. The van der Waals surface area contributed by atoms with Crippen molar-refractivity contribution < 1.29 is 13.9 Å². The summed E-state index contributed by atoms with van der Waals surface area (Å²) in [4.78, 5) is 12.4. The van der Waals surface area contributed by atoms with E-state index in [2.05, 4.69) is 26.1 Å². The third kappa shape index (κ3) is 4.13. The molecule has 0 radical (unpaired) electrons. The molecule has 0 spiro atoms. The zero-order valence-electron chi connectivity index (χ0n) is 14.8. The van der Waals surface area contributed by atoms with Crippen molar-refractivity contribution in [3.63, 3.8) is 0 Å². The molecule has 0 bridgehead atoms. The zero-order valence-corrected chi connectivity index (χ0v) is 14.8. The van der Waals surface area contributed by atoms with Gasteiger partial charge in [0.25, 0.3) is 5.91 Å². The number of amides is 1. The van der Waals surface area contributed by atoms with Gasteiger partial charge in [-0.2, -0.15) is 0 Å². The topological polar surface area (TPSA) is 38.3 Å². The van der Waals surface area contributed by atoms with Crippen LogP contribution in [0.2, 0.25) is 0 Å². The van der Waals surface area contributed by atoms with Crippen molar-refractivity contribution >= 4 is 5.91 Å². The van der Waals surface area contributed by atoms with Gasteiger partial charge in [-0.15, -0.1) is 0 Å². The highest BCUT2D eigenvalue weighted by Crippen LogP contribution is 2.23. The van der Waals surface area contributed by atoms with Gasteiger partial charge in [0.1, 0.15) is 0 Å². The summed E-state index contributed by atoms with van der Waals surface area (Å²) in [6, 6.07) is 11.9. The molecule has 24 heavy (non-hydrogen) atoms. The Bertz CT molecular complexity index is 717. The summed E-state index contributed by atoms with van der Waals surface area (Å²) in [5.74, 6) is -0.431. The standard InChI is InChI=1S/C20H24FNO2/c1-13(15-8-11-18(24-5)17(21)12-15)22-19(23)14-6-9-16(10-7-14)20(2,3)4/h6-13H,1-5H3,(H,22,23)/t13-/m0/s1. The van der Waals surface area contributed by atoms with E-state index in [1.54, 1.807) is 12.1 Å².